The number of rotatable bonds is 3. The molecule has 0 aromatic carbocycles. The Balaban J connectivity index is 1.86. The van der Waals surface area contributed by atoms with Gasteiger partial charge in [0.05, 0.1) is 5.01 Å². The summed E-state index contributed by atoms with van der Waals surface area (Å²) in [6.45, 7) is 5.60. The number of nitrogens with zero attached hydrogens (tertiary/aromatic N) is 2. The Hall–Kier alpha value is -0.450. The molecular formula is C11H19N3S. The van der Waals surface area contributed by atoms with Crippen molar-refractivity contribution < 1.29 is 0 Å². The van der Waals surface area contributed by atoms with Crippen LogP contribution in [-0.2, 0) is 0 Å². The third kappa shape index (κ3) is 3.00. The van der Waals surface area contributed by atoms with E-state index < -0.39 is 0 Å². The van der Waals surface area contributed by atoms with Gasteiger partial charge in [-0.05, 0) is 19.4 Å². The monoisotopic (exact) mass is 225 g/mol. The van der Waals surface area contributed by atoms with Gasteiger partial charge in [0.2, 0.25) is 0 Å². The fraction of sp³-hybridized carbons (Fsp3) is 0.727. The Morgan fingerprint density at radius 3 is 3.27 bits per heavy atom. The third-order valence-corrected chi connectivity index (χ3v) is 3.95. The molecule has 0 spiro atoms. The molecule has 2 atom stereocenters. The summed E-state index contributed by atoms with van der Waals surface area (Å²) in [6, 6.07) is 0.377. The van der Waals surface area contributed by atoms with Crippen LogP contribution in [0.5, 0.6) is 0 Å². The van der Waals surface area contributed by atoms with Crippen LogP contribution in [0.1, 0.15) is 30.7 Å². The molecule has 3 nitrogen and oxygen atoms in total. The molecule has 84 valence electrons. The van der Waals surface area contributed by atoms with E-state index in [4.69, 9.17) is 5.73 Å². The number of hydrogen-bond acceptors (Lipinski definition) is 4. The SMILES string of the molecule is CC(CN1CCCC(N)C1)c1nccs1. The molecule has 1 aromatic rings. The molecule has 1 fully saturated rings. The van der Waals surface area contributed by atoms with Gasteiger partial charge in [-0.2, -0.15) is 0 Å². The Labute approximate surface area is 95.3 Å². The van der Waals surface area contributed by atoms with Crippen LogP contribution < -0.4 is 5.73 Å². The van der Waals surface area contributed by atoms with Crippen molar-refractivity contribution in [2.45, 2.75) is 31.7 Å². The maximum absolute atomic E-state index is 5.96. The highest BCUT2D eigenvalue weighted by Gasteiger charge is 2.19. The summed E-state index contributed by atoms with van der Waals surface area (Å²) in [4.78, 5) is 6.83. The first kappa shape index (κ1) is 11.0. The van der Waals surface area contributed by atoms with Gasteiger partial charge in [-0.25, -0.2) is 4.98 Å². The number of likely N-dealkylation sites (tertiary alicyclic amines) is 1. The van der Waals surface area contributed by atoms with Gasteiger partial charge >= 0.3 is 0 Å². The largest absolute Gasteiger partial charge is 0.327 e. The van der Waals surface area contributed by atoms with Crippen molar-refractivity contribution in [2.24, 2.45) is 5.73 Å². The summed E-state index contributed by atoms with van der Waals surface area (Å²) >= 11 is 1.75. The highest BCUT2D eigenvalue weighted by Crippen LogP contribution is 2.20. The van der Waals surface area contributed by atoms with E-state index in [0.29, 0.717) is 12.0 Å². The smallest absolute Gasteiger partial charge is 0.0965 e. The van der Waals surface area contributed by atoms with Crippen molar-refractivity contribution in [1.29, 1.82) is 0 Å². The van der Waals surface area contributed by atoms with Crippen LogP contribution in [0.25, 0.3) is 0 Å². The van der Waals surface area contributed by atoms with Crippen LogP contribution in [0.2, 0.25) is 0 Å². The normalized spacial score (nSPS) is 25.3. The molecule has 4 heteroatoms. The maximum atomic E-state index is 5.96. The van der Waals surface area contributed by atoms with Gasteiger partial charge in [0.25, 0.3) is 0 Å². The fourth-order valence-electron chi connectivity index (χ4n) is 2.20. The quantitative estimate of drug-likeness (QED) is 0.851. The second kappa shape index (κ2) is 5.05. The van der Waals surface area contributed by atoms with Gasteiger partial charge in [-0.1, -0.05) is 6.92 Å². The van der Waals surface area contributed by atoms with Gasteiger partial charge in [-0.15, -0.1) is 11.3 Å². The summed E-state index contributed by atoms with van der Waals surface area (Å²) in [6.07, 6.45) is 4.31. The minimum atomic E-state index is 0.377. The van der Waals surface area contributed by atoms with Crippen LogP contribution in [0.15, 0.2) is 11.6 Å². The van der Waals surface area contributed by atoms with Gasteiger partial charge in [0, 0.05) is 36.6 Å². The van der Waals surface area contributed by atoms with E-state index >= 15 is 0 Å². The van der Waals surface area contributed by atoms with Crippen molar-refractivity contribution >= 4 is 11.3 Å². The zero-order valence-electron chi connectivity index (χ0n) is 9.22. The van der Waals surface area contributed by atoms with Crippen LogP contribution in [0.3, 0.4) is 0 Å². The Bertz CT molecular complexity index is 286. The van der Waals surface area contributed by atoms with E-state index in [1.54, 1.807) is 11.3 Å². The third-order valence-electron chi connectivity index (χ3n) is 2.95. The average Bonchev–Trinajstić information content (AvgIpc) is 2.70. The summed E-state index contributed by atoms with van der Waals surface area (Å²) in [5.41, 5.74) is 5.96. The first-order chi connectivity index (χ1) is 7.25. The van der Waals surface area contributed by atoms with Crippen molar-refractivity contribution in [3.8, 4) is 0 Å². The van der Waals surface area contributed by atoms with E-state index in [-0.39, 0.29) is 0 Å². The molecule has 2 N–H and O–H groups in total. The van der Waals surface area contributed by atoms with Crippen molar-refractivity contribution in [2.75, 3.05) is 19.6 Å². The Morgan fingerprint density at radius 2 is 2.60 bits per heavy atom. The summed E-state index contributed by atoms with van der Waals surface area (Å²) < 4.78 is 0. The van der Waals surface area contributed by atoms with Crippen LogP contribution in [0, 0.1) is 0 Å². The molecule has 2 heterocycles. The van der Waals surface area contributed by atoms with Crippen LogP contribution >= 0.6 is 11.3 Å². The fourth-order valence-corrected chi connectivity index (χ4v) is 2.89. The van der Waals surface area contributed by atoms with Crippen molar-refractivity contribution in [1.82, 2.24) is 9.88 Å². The van der Waals surface area contributed by atoms with Gasteiger partial charge < -0.3 is 10.6 Å². The van der Waals surface area contributed by atoms with Crippen molar-refractivity contribution in [3.05, 3.63) is 16.6 Å². The van der Waals surface area contributed by atoms with Crippen molar-refractivity contribution in [3.63, 3.8) is 0 Å². The minimum absolute atomic E-state index is 0.377. The van der Waals surface area contributed by atoms with Gasteiger partial charge in [-0.3, -0.25) is 0 Å². The maximum Gasteiger partial charge on any atom is 0.0965 e. The summed E-state index contributed by atoms with van der Waals surface area (Å²) in [5.74, 6) is 0.537. The average molecular weight is 225 g/mol. The predicted molar refractivity (Wildman–Crippen MR) is 64.2 cm³/mol. The molecule has 2 unspecified atom stereocenters. The van der Waals surface area contributed by atoms with Gasteiger partial charge in [0.15, 0.2) is 0 Å². The molecule has 1 aromatic heterocycles. The minimum Gasteiger partial charge on any atom is -0.327 e. The lowest BCUT2D eigenvalue weighted by Crippen LogP contribution is -2.44. The molecule has 0 bridgehead atoms. The molecule has 0 amide bonds. The number of thiazole rings is 1. The lowest BCUT2D eigenvalue weighted by atomic mass is 10.0. The van der Waals surface area contributed by atoms with E-state index in [0.717, 1.165) is 13.1 Å². The van der Waals surface area contributed by atoms with E-state index in [2.05, 4.69) is 16.8 Å². The summed E-state index contributed by atoms with van der Waals surface area (Å²) in [7, 11) is 0. The van der Waals surface area contributed by atoms with E-state index in [1.165, 1.54) is 24.4 Å². The molecule has 15 heavy (non-hydrogen) atoms. The number of aromatic nitrogens is 1. The second-order valence-electron chi connectivity index (χ2n) is 4.43. The van der Waals surface area contributed by atoms with Crippen LogP contribution in [0.4, 0.5) is 0 Å². The lowest BCUT2D eigenvalue weighted by Gasteiger charge is -2.32. The highest BCUT2D eigenvalue weighted by molar-refractivity contribution is 7.09. The second-order valence-corrected chi connectivity index (χ2v) is 5.36. The standard InChI is InChI=1S/C11H19N3S/c1-9(11-13-4-6-15-11)7-14-5-2-3-10(12)8-14/h4,6,9-10H,2-3,5,7-8,12H2,1H3. The van der Waals surface area contributed by atoms with E-state index in [1.807, 2.05) is 11.6 Å². The molecule has 0 radical (unpaired) electrons. The van der Waals surface area contributed by atoms with Gasteiger partial charge in [0.1, 0.15) is 0 Å². The number of hydrogen-bond donors (Lipinski definition) is 1. The molecule has 1 aliphatic rings. The van der Waals surface area contributed by atoms with E-state index in [9.17, 15) is 0 Å². The molecule has 1 aliphatic heterocycles. The van der Waals surface area contributed by atoms with Crippen LogP contribution in [-0.4, -0.2) is 35.6 Å². The molecule has 2 rings (SSSR count). The Kier molecular flexibility index (Phi) is 3.72. The zero-order chi connectivity index (χ0) is 10.7. The first-order valence-electron chi connectivity index (χ1n) is 5.63. The highest BCUT2D eigenvalue weighted by atomic mass is 32.1. The molecule has 0 saturated carbocycles. The molecule has 1 saturated heterocycles. The predicted octanol–water partition coefficient (Wildman–Crippen LogP) is 1.67. The molecular weight excluding hydrogens is 206 g/mol. The topological polar surface area (TPSA) is 42.1 Å². The zero-order valence-corrected chi connectivity index (χ0v) is 10.0. The Morgan fingerprint density at radius 1 is 1.73 bits per heavy atom. The lowest BCUT2D eigenvalue weighted by molar-refractivity contribution is 0.200. The number of nitrogens with two attached hydrogens (primary N) is 1. The first-order valence-corrected chi connectivity index (χ1v) is 6.51. The molecule has 0 aliphatic carbocycles. The number of piperidine rings is 1. The summed E-state index contributed by atoms with van der Waals surface area (Å²) in [5, 5.41) is 3.29.